The van der Waals surface area contributed by atoms with Gasteiger partial charge in [-0.3, -0.25) is 4.90 Å². The molecule has 0 radical (unpaired) electrons. The third-order valence-corrected chi connectivity index (χ3v) is 11.7. The molecule has 2 aromatic heterocycles. The van der Waals surface area contributed by atoms with E-state index in [0.717, 1.165) is 71.2 Å². The summed E-state index contributed by atoms with van der Waals surface area (Å²) < 4.78 is 56.2. The molecule has 0 spiro atoms. The molecular weight excluding hydrogens is 688 g/mol. The van der Waals surface area contributed by atoms with E-state index in [1.165, 1.54) is 31.4 Å². The van der Waals surface area contributed by atoms with Gasteiger partial charge in [-0.25, -0.2) is 13.8 Å². The molecule has 0 bridgehead atoms. The van der Waals surface area contributed by atoms with E-state index in [0.29, 0.717) is 24.0 Å². The summed E-state index contributed by atoms with van der Waals surface area (Å²) in [6, 6.07) is 7.37. The molecule has 4 atom stereocenters. The van der Waals surface area contributed by atoms with Gasteiger partial charge >= 0.3 is 6.01 Å². The number of anilines is 1. The Morgan fingerprint density at radius 1 is 1.02 bits per heavy atom. The number of pyridine rings is 1. The predicted octanol–water partition coefficient (Wildman–Crippen LogP) is 4.84. The first-order valence-electron chi connectivity index (χ1n) is 18.7. The lowest BCUT2D eigenvalue weighted by Gasteiger charge is -2.47. The van der Waals surface area contributed by atoms with Gasteiger partial charge in [-0.2, -0.15) is 9.97 Å². The predicted molar refractivity (Wildman–Crippen MR) is 193 cm³/mol. The molecule has 8 rings (SSSR count). The molecular formula is C39H47F2N5O7. The summed E-state index contributed by atoms with van der Waals surface area (Å²) in [6.07, 6.45) is 5.78. The molecule has 12 nitrogen and oxygen atoms in total. The second-order valence-corrected chi connectivity index (χ2v) is 15.1. The van der Waals surface area contributed by atoms with Crippen LogP contribution in [0.3, 0.4) is 0 Å². The van der Waals surface area contributed by atoms with Gasteiger partial charge in [0, 0.05) is 55.3 Å². The molecule has 0 amide bonds. The summed E-state index contributed by atoms with van der Waals surface area (Å²) in [6.45, 7) is 3.93. The number of rotatable bonds is 9. The van der Waals surface area contributed by atoms with Gasteiger partial charge in [-0.1, -0.05) is 18.6 Å². The number of piperidine rings is 1. The monoisotopic (exact) mass is 735 g/mol. The topological polar surface area (TPSA) is 143 Å². The number of benzene rings is 2. The van der Waals surface area contributed by atoms with Crippen molar-refractivity contribution < 1.29 is 43.0 Å². The summed E-state index contributed by atoms with van der Waals surface area (Å²) in [7, 11) is 1.38. The van der Waals surface area contributed by atoms with Crippen LogP contribution in [-0.4, -0.2) is 120 Å². The fraction of sp³-hybridized carbons (Fsp3) is 0.564. The quantitative estimate of drug-likeness (QED) is 0.217. The largest absolute Gasteiger partial charge is 0.508 e. The minimum absolute atomic E-state index is 0.00752. The summed E-state index contributed by atoms with van der Waals surface area (Å²) in [5.41, 5.74) is -0.537. The van der Waals surface area contributed by atoms with Crippen molar-refractivity contribution >= 4 is 27.5 Å². The molecule has 3 aliphatic heterocycles. The number of phenolic OH excluding ortho intramolecular Hbond substituents is 1. The zero-order chi connectivity index (χ0) is 36.7. The Balaban J connectivity index is 1.23. The van der Waals surface area contributed by atoms with E-state index in [-0.39, 0.29) is 82.7 Å². The lowest BCUT2D eigenvalue weighted by atomic mass is 9.75. The zero-order valence-electron chi connectivity index (χ0n) is 30.0. The molecule has 1 saturated carbocycles. The number of aliphatic hydroxyl groups is 2. The lowest BCUT2D eigenvalue weighted by Crippen LogP contribution is -2.53. The Bertz CT molecular complexity index is 1970. The molecule has 4 aromatic rings. The third-order valence-electron chi connectivity index (χ3n) is 11.7. The molecule has 3 N–H and O–H groups in total. The van der Waals surface area contributed by atoms with Crippen molar-refractivity contribution in [2.75, 3.05) is 71.2 Å². The number of β-amino-alcohol motifs (C(OH)–C–C–N with tert-alkyl or cyclic N) is 1. The molecule has 14 heteroatoms. The molecule has 1 aliphatic carbocycles. The van der Waals surface area contributed by atoms with Gasteiger partial charge in [0.15, 0.2) is 5.82 Å². The van der Waals surface area contributed by atoms with Gasteiger partial charge < -0.3 is 39.2 Å². The third kappa shape index (κ3) is 6.95. The minimum atomic E-state index is -0.937. The number of aromatic hydroxyl groups is 1. The van der Waals surface area contributed by atoms with Gasteiger partial charge in [0.25, 0.3) is 0 Å². The average Bonchev–Trinajstić information content (AvgIpc) is 3.51. The van der Waals surface area contributed by atoms with Crippen LogP contribution in [0.2, 0.25) is 0 Å². The number of fused-ring (bicyclic) bond motifs is 3. The summed E-state index contributed by atoms with van der Waals surface area (Å²) >= 11 is 0. The highest BCUT2D eigenvalue weighted by atomic mass is 19.1. The number of halogens is 2. The summed E-state index contributed by atoms with van der Waals surface area (Å²) in [5.74, 6) is -0.921. The highest BCUT2D eigenvalue weighted by Crippen LogP contribution is 2.49. The maximum atomic E-state index is 17.2. The Hall–Kier alpha value is -3.95. The fourth-order valence-electron chi connectivity index (χ4n) is 9.19. The van der Waals surface area contributed by atoms with E-state index in [1.807, 2.05) is 0 Å². The van der Waals surface area contributed by atoms with E-state index in [1.54, 1.807) is 11.0 Å². The van der Waals surface area contributed by atoms with Crippen molar-refractivity contribution in [2.24, 2.45) is 11.3 Å². The van der Waals surface area contributed by atoms with Crippen LogP contribution in [0.15, 0.2) is 30.3 Å². The second-order valence-electron chi connectivity index (χ2n) is 15.1. The lowest BCUT2D eigenvalue weighted by molar-refractivity contribution is -0.0203. The van der Waals surface area contributed by atoms with Crippen LogP contribution in [-0.2, 0) is 9.47 Å². The van der Waals surface area contributed by atoms with Crippen molar-refractivity contribution in [1.29, 1.82) is 0 Å². The number of ether oxygens (including phenoxy) is 4. The van der Waals surface area contributed by atoms with Crippen LogP contribution in [0.5, 0.6) is 17.6 Å². The molecule has 4 aliphatic rings. The molecule has 4 fully saturated rings. The van der Waals surface area contributed by atoms with Crippen LogP contribution in [0.25, 0.3) is 32.9 Å². The summed E-state index contributed by atoms with van der Waals surface area (Å²) in [5, 5.41) is 32.0. The number of aromatic nitrogens is 3. The van der Waals surface area contributed by atoms with Gasteiger partial charge in [0.2, 0.25) is 5.88 Å². The van der Waals surface area contributed by atoms with E-state index in [9.17, 15) is 15.3 Å². The van der Waals surface area contributed by atoms with E-state index >= 15 is 8.78 Å². The second kappa shape index (κ2) is 15.1. The zero-order valence-corrected chi connectivity index (χ0v) is 30.0. The first-order chi connectivity index (χ1) is 25.8. The molecule has 3 saturated heterocycles. The molecule has 3 unspecified atom stereocenters. The van der Waals surface area contributed by atoms with Crippen LogP contribution < -0.4 is 14.4 Å². The molecule has 5 heterocycles. The van der Waals surface area contributed by atoms with Crippen LogP contribution in [0, 0.1) is 23.0 Å². The SMILES string of the molecule is COc1nc(-c2cc(O)cc3cccc(F)c23)c(F)c2nc(OCC34CCCC3N(CC3CCOCC3)CCC4)nc(N3CC(O)CO[C@@H](CO)C3)c12. The first kappa shape index (κ1) is 36.0. The van der Waals surface area contributed by atoms with Crippen molar-refractivity contribution in [2.45, 2.75) is 63.2 Å². The number of hydrogen-bond donors (Lipinski definition) is 3. The van der Waals surface area contributed by atoms with Crippen LogP contribution >= 0.6 is 0 Å². The average molecular weight is 736 g/mol. The van der Waals surface area contributed by atoms with Crippen LogP contribution in [0.1, 0.15) is 44.9 Å². The highest BCUT2D eigenvalue weighted by molar-refractivity contribution is 6.02. The Morgan fingerprint density at radius 2 is 1.85 bits per heavy atom. The van der Waals surface area contributed by atoms with Crippen molar-refractivity contribution in [3.05, 3.63) is 42.0 Å². The maximum absolute atomic E-state index is 17.2. The number of likely N-dealkylation sites (tertiary alicyclic amines) is 1. The van der Waals surface area contributed by atoms with Crippen molar-refractivity contribution in [3.8, 4) is 28.9 Å². The van der Waals surface area contributed by atoms with E-state index in [4.69, 9.17) is 23.9 Å². The number of methoxy groups -OCH3 is 1. The normalized spacial score (nSPS) is 25.8. The van der Waals surface area contributed by atoms with E-state index in [2.05, 4.69) is 14.9 Å². The molecule has 284 valence electrons. The van der Waals surface area contributed by atoms with Gasteiger partial charge in [0.1, 0.15) is 34.0 Å². The molecule has 53 heavy (non-hydrogen) atoms. The standard InChI is InChI=1S/C39H47F2N5O7/c1-50-37-32-35(33(41)34(42-37)28-16-25(48)15-24-5-2-6-29(40)31(24)28)43-38(44-36(32)46-18-26(49)21-52-27(19-46)20-47)53-22-39-10-3-7-30(39)45(12-4-11-39)17-23-8-13-51-14-9-23/h2,5-6,15-16,23,26-27,30,47-49H,3-4,7-14,17-22H2,1H3/t26?,27-,30?,39?/m1/s1. The number of nitrogens with zero attached hydrogens (tertiary/aromatic N) is 5. The Labute approximate surface area is 306 Å². The highest BCUT2D eigenvalue weighted by Gasteiger charge is 2.49. The van der Waals surface area contributed by atoms with Gasteiger partial charge in [-0.15, -0.1) is 0 Å². The van der Waals surface area contributed by atoms with Gasteiger partial charge in [-0.05, 0) is 74.6 Å². The summed E-state index contributed by atoms with van der Waals surface area (Å²) in [4.78, 5) is 18.4. The first-order valence-corrected chi connectivity index (χ1v) is 18.7. The van der Waals surface area contributed by atoms with E-state index < -0.39 is 23.8 Å². The Morgan fingerprint density at radius 3 is 2.66 bits per heavy atom. The van der Waals surface area contributed by atoms with Crippen molar-refractivity contribution in [1.82, 2.24) is 19.9 Å². The fourth-order valence-corrected chi connectivity index (χ4v) is 9.19. The maximum Gasteiger partial charge on any atom is 0.319 e. The number of hydrogen-bond acceptors (Lipinski definition) is 12. The minimum Gasteiger partial charge on any atom is -0.508 e. The van der Waals surface area contributed by atoms with Gasteiger partial charge in [0.05, 0.1) is 39.1 Å². The number of phenols is 1. The smallest absolute Gasteiger partial charge is 0.319 e. The number of aliphatic hydroxyl groups excluding tert-OH is 2. The van der Waals surface area contributed by atoms with Crippen LogP contribution in [0.4, 0.5) is 14.6 Å². The van der Waals surface area contributed by atoms with Crippen molar-refractivity contribution in [3.63, 3.8) is 0 Å². The molecule has 2 aromatic carbocycles. The Kier molecular flexibility index (Phi) is 10.2.